The Balaban J connectivity index is 2.20. The van der Waals surface area contributed by atoms with Crippen LogP contribution in [0.2, 0.25) is 0 Å². The molecule has 0 saturated heterocycles. The van der Waals surface area contributed by atoms with Crippen molar-refractivity contribution in [3.05, 3.63) is 66.3 Å². The second-order valence-electron chi connectivity index (χ2n) is 8.57. The first-order chi connectivity index (χ1) is 14.4. The van der Waals surface area contributed by atoms with Crippen LogP contribution in [0, 0.1) is 0 Å². The molecular formula is C27H31N3. The van der Waals surface area contributed by atoms with E-state index in [2.05, 4.69) is 87.1 Å². The zero-order valence-corrected chi connectivity index (χ0v) is 18.7. The maximum atomic E-state index is 5.08. The molecule has 2 aromatic carbocycles. The third kappa shape index (κ3) is 2.72. The Hall–Kier alpha value is -2.94. The highest BCUT2D eigenvalue weighted by Crippen LogP contribution is 2.52. The average molecular weight is 398 g/mol. The molecule has 0 bridgehead atoms. The SMILES string of the molecule is C=CC=N/C(=C\C)c1ccc2c3c(nc4ccccc4c13)N[C@](C)(CC)C2(C)CC. The molecule has 0 spiro atoms. The van der Waals surface area contributed by atoms with Crippen LogP contribution in [0.3, 0.4) is 0 Å². The van der Waals surface area contributed by atoms with Gasteiger partial charge < -0.3 is 5.32 Å². The number of allylic oxidation sites excluding steroid dienone is 2. The van der Waals surface area contributed by atoms with E-state index in [0.29, 0.717) is 0 Å². The predicted molar refractivity (Wildman–Crippen MR) is 132 cm³/mol. The van der Waals surface area contributed by atoms with Gasteiger partial charge in [0.05, 0.1) is 11.2 Å². The van der Waals surface area contributed by atoms with Gasteiger partial charge >= 0.3 is 0 Å². The monoisotopic (exact) mass is 397 g/mol. The summed E-state index contributed by atoms with van der Waals surface area (Å²) >= 11 is 0. The standard InChI is InChI=1S/C27H31N3/c1-7-17-28-21(8-2)19-15-16-20-24-23(19)18-13-11-12-14-22(18)29-25(24)30-27(6,10-4)26(20,5)9-3/h7-8,11-17H,1,9-10H2,2-6H3,(H,29,30)/b21-8-,28-17?/t26?,27-/m1/s1. The van der Waals surface area contributed by atoms with Crippen molar-refractivity contribution >= 4 is 39.4 Å². The minimum Gasteiger partial charge on any atom is -0.363 e. The number of para-hydroxylation sites is 1. The summed E-state index contributed by atoms with van der Waals surface area (Å²) in [6, 6.07) is 13.0. The molecule has 3 nitrogen and oxygen atoms in total. The first-order valence-electron chi connectivity index (χ1n) is 10.9. The van der Waals surface area contributed by atoms with Crippen LogP contribution in [0.4, 0.5) is 5.82 Å². The van der Waals surface area contributed by atoms with Gasteiger partial charge in [-0.2, -0.15) is 0 Å². The molecule has 1 unspecified atom stereocenters. The Kier molecular flexibility index (Phi) is 5.01. The Labute approximate surface area is 179 Å². The summed E-state index contributed by atoms with van der Waals surface area (Å²) in [4.78, 5) is 9.75. The first kappa shape index (κ1) is 20.3. The predicted octanol–water partition coefficient (Wildman–Crippen LogP) is 7.27. The van der Waals surface area contributed by atoms with Crippen molar-refractivity contribution in [2.75, 3.05) is 5.32 Å². The van der Waals surface area contributed by atoms with Crippen LogP contribution in [0.1, 0.15) is 58.6 Å². The van der Waals surface area contributed by atoms with E-state index in [1.54, 1.807) is 12.3 Å². The maximum Gasteiger partial charge on any atom is 0.135 e. The van der Waals surface area contributed by atoms with Crippen molar-refractivity contribution in [2.24, 2.45) is 4.99 Å². The number of pyridine rings is 1. The van der Waals surface area contributed by atoms with Crippen LogP contribution in [0.25, 0.3) is 27.4 Å². The van der Waals surface area contributed by atoms with E-state index < -0.39 is 0 Å². The van der Waals surface area contributed by atoms with E-state index in [1.165, 1.54) is 21.7 Å². The Morgan fingerprint density at radius 2 is 1.87 bits per heavy atom. The van der Waals surface area contributed by atoms with Gasteiger partial charge in [0.1, 0.15) is 5.82 Å². The summed E-state index contributed by atoms with van der Waals surface area (Å²) in [5.74, 6) is 0.985. The number of hydrogen-bond acceptors (Lipinski definition) is 3. The van der Waals surface area contributed by atoms with Gasteiger partial charge in [-0.15, -0.1) is 0 Å². The van der Waals surface area contributed by atoms with Crippen LogP contribution < -0.4 is 5.32 Å². The number of rotatable bonds is 5. The van der Waals surface area contributed by atoms with E-state index in [9.17, 15) is 0 Å². The van der Waals surface area contributed by atoms with Gasteiger partial charge in [-0.1, -0.05) is 69.8 Å². The third-order valence-corrected chi connectivity index (χ3v) is 7.34. The summed E-state index contributed by atoms with van der Waals surface area (Å²) in [6.45, 7) is 15.1. The van der Waals surface area contributed by atoms with E-state index in [1.807, 2.05) is 6.92 Å². The van der Waals surface area contributed by atoms with Gasteiger partial charge in [0, 0.05) is 38.9 Å². The lowest BCUT2D eigenvalue weighted by Crippen LogP contribution is -2.54. The van der Waals surface area contributed by atoms with Crippen molar-refractivity contribution in [1.82, 2.24) is 4.98 Å². The molecule has 1 aliphatic rings. The molecule has 3 heteroatoms. The molecule has 0 radical (unpaired) electrons. The number of nitrogens with zero attached hydrogens (tertiary/aromatic N) is 2. The van der Waals surface area contributed by atoms with Crippen LogP contribution in [-0.2, 0) is 5.41 Å². The van der Waals surface area contributed by atoms with Crippen molar-refractivity contribution in [2.45, 2.75) is 58.4 Å². The lowest BCUT2D eigenvalue weighted by atomic mass is 9.61. The maximum absolute atomic E-state index is 5.08. The largest absolute Gasteiger partial charge is 0.363 e. The Bertz CT molecular complexity index is 1200. The Morgan fingerprint density at radius 3 is 2.53 bits per heavy atom. The number of nitrogens with one attached hydrogen (secondary N) is 1. The van der Waals surface area contributed by atoms with Gasteiger partial charge in [0.2, 0.25) is 0 Å². The van der Waals surface area contributed by atoms with Crippen LogP contribution in [0.5, 0.6) is 0 Å². The lowest BCUT2D eigenvalue weighted by molar-refractivity contribution is 0.262. The number of aromatic nitrogens is 1. The van der Waals surface area contributed by atoms with E-state index in [-0.39, 0.29) is 11.0 Å². The van der Waals surface area contributed by atoms with Crippen molar-refractivity contribution < 1.29 is 0 Å². The normalized spacial score (nSPS) is 23.8. The summed E-state index contributed by atoms with van der Waals surface area (Å²) in [7, 11) is 0. The molecule has 4 rings (SSSR count). The van der Waals surface area contributed by atoms with Crippen LogP contribution in [-0.4, -0.2) is 16.7 Å². The third-order valence-electron chi connectivity index (χ3n) is 7.34. The minimum atomic E-state index is -0.0664. The van der Waals surface area contributed by atoms with E-state index >= 15 is 0 Å². The number of anilines is 1. The first-order valence-corrected chi connectivity index (χ1v) is 10.9. The quantitative estimate of drug-likeness (QED) is 0.363. The second-order valence-corrected chi connectivity index (χ2v) is 8.57. The summed E-state index contributed by atoms with van der Waals surface area (Å²) in [5.41, 5.74) is 4.40. The summed E-state index contributed by atoms with van der Waals surface area (Å²) in [6.07, 6.45) is 7.62. The zero-order valence-electron chi connectivity index (χ0n) is 18.7. The molecule has 2 heterocycles. The highest BCUT2D eigenvalue weighted by molar-refractivity contribution is 6.16. The molecule has 3 aromatic rings. The smallest absolute Gasteiger partial charge is 0.135 e. The van der Waals surface area contributed by atoms with Crippen LogP contribution in [0.15, 0.2) is 60.1 Å². The number of aliphatic imine (C=N–C) groups is 1. The van der Waals surface area contributed by atoms with Gasteiger partial charge in [-0.25, -0.2) is 4.98 Å². The topological polar surface area (TPSA) is 37.3 Å². The fourth-order valence-corrected chi connectivity index (χ4v) is 5.04. The molecule has 0 saturated carbocycles. The van der Waals surface area contributed by atoms with E-state index in [4.69, 9.17) is 4.98 Å². The van der Waals surface area contributed by atoms with Crippen molar-refractivity contribution in [3.8, 4) is 0 Å². The minimum absolute atomic E-state index is 0.00383. The van der Waals surface area contributed by atoms with Crippen molar-refractivity contribution in [3.63, 3.8) is 0 Å². The molecule has 1 aromatic heterocycles. The highest BCUT2D eigenvalue weighted by atomic mass is 15.1. The van der Waals surface area contributed by atoms with Gasteiger partial charge in [0.15, 0.2) is 0 Å². The number of benzene rings is 2. The molecule has 0 amide bonds. The molecule has 0 aliphatic carbocycles. The molecule has 1 aliphatic heterocycles. The molecule has 0 fully saturated rings. The molecule has 30 heavy (non-hydrogen) atoms. The lowest BCUT2D eigenvalue weighted by Gasteiger charge is -2.51. The van der Waals surface area contributed by atoms with Crippen LogP contribution >= 0.6 is 0 Å². The second kappa shape index (κ2) is 7.39. The number of fused-ring (bicyclic) bond motifs is 2. The average Bonchev–Trinajstić information content (AvgIpc) is 2.78. The van der Waals surface area contributed by atoms with Gasteiger partial charge in [0.25, 0.3) is 0 Å². The fraction of sp³-hybridized carbons (Fsp3) is 0.333. The van der Waals surface area contributed by atoms with Gasteiger partial charge in [-0.05, 0) is 38.3 Å². The fourth-order valence-electron chi connectivity index (χ4n) is 5.04. The van der Waals surface area contributed by atoms with Crippen molar-refractivity contribution in [1.29, 1.82) is 0 Å². The number of hydrogen-bond donors (Lipinski definition) is 1. The van der Waals surface area contributed by atoms with E-state index in [0.717, 1.165) is 35.4 Å². The molecular weight excluding hydrogens is 366 g/mol. The summed E-state index contributed by atoms with van der Waals surface area (Å²) in [5, 5.41) is 7.49. The molecule has 2 atom stereocenters. The summed E-state index contributed by atoms with van der Waals surface area (Å²) < 4.78 is 0. The van der Waals surface area contributed by atoms with Gasteiger partial charge in [-0.3, -0.25) is 4.99 Å². The molecule has 1 N–H and O–H groups in total. The Morgan fingerprint density at radius 1 is 1.10 bits per heavy atom. The zero-order chi connectivity index (χ0) is 21.5. The molecule has 154 valence electrons. The highest BCUT2D eigenvalue weighted by Gasteiger charge is 2.48.